The molecule has 5 heteroatoms. The predicted molar refractivity (Wildman–Crippen MR) is 115 cm³/mol. The topological polar surface area (TPSA) is 24.9 Å². The molecule has 2 aromatic rings. The maximum atomic E-state index is 13.8. The zero-order valence-corrected chi connectivity index (χ0v) is 17.9. The van der Waals surface area contributed by atoms with E-state index in [9.17, 15) is 4.39 Å². The molecule has 0 saturated carbocycles. The fourth-order valence-corrected chi connectivity index (χ4v) is 5.06. The van der Waals surface area contributed by atoms with E-state index in [-0.39, 0.29) is 5.82 Å². The van der Waals surface area contributed by atoms with Crippen LogP contribution >= 0.6 is 0 Å². The number of hydrogen-bond donors (Lipinski definition) is 0. The first kappa shape index (κ1) is 20.0. The minimum atomic E-state index is -0.307. The van der Waals surface area contributed by atoms with E-state index in [1.54, 1.807) is 7.11 Å². The van der Waals surface area contributed by atoms with Gasteiger partial charge in [-0.25, -0.2) is 4.39 Å². The van der Waals surface area contributed by atoms with Crippen molar-refractivity contribution in [2.75, 3.05) is 38.8 Å². The van der Waals surface area contributed by atoms with Crippen LogP contribution in [0.1, 0.15) is 42.0 Å². The molecule has 2 aliphatic heterocycles. The van der Waals surface area contributed by atoms with Crippen LogP contribution in [-0.2, 0) is 0 Å². The zero-order valence-electron chi connectivity index (χ0n) is 17.9. The first-order valence-electron chi connectivity index (χ1n) is 10.5. The molecular formula is C24H31FN2O2. The molecule has 2 heterocycles. The molecule has 2 atom stereocenters. The fraction of sp³-hybridized carbons (Fsp3) is 0.500. The molecule has 0 aliphatic carbocycles. The second-order valence-electron chi connectivity index (χ2n) is 8.21. The van der Waals surface area contributed by atoms with Crippen molar-refractivity contribution >= 4 is 5.69 Å². The number of anilines is 1. The molecule has 0 radical (unpaired) electrons. The Balaban J connectivity index is 1.55. The van der Waals surface area contributed by atoms with Gasteiger partial charge in [-0.2, -0.15) is 0 Å². The molecule has 0 amide bonds. The van der Waals surface area contributed by atoms with Crippen molar-refractivity contribution in [2.45, 2.75) is 45.2 Å². The molecule has 2 saturated heterocycles. The number of ether oxygens (including phenoxy) is 2. The second-order valence-corrected chi connectivity index (χ2v) is 8.21. The first-order valence-corrected chi connectivity index (χ1v) is 10.5. The molecular weight excluding hydrogens is 367 g/mol. The van der Waals surface area contributed by atoms with Crippen LogP contribution in [0.15, 0.2) is 30.3 Å². The van der Waals surface area contributed by atoms with Crippen molar-refractivity contribution in [3.8, 4) is 11.5 Å². The highest BCUT2D eigenvalue weighted by molar-refractivity contribution is 5.52. The molecule has 0 aromatic heterocycles. The molecule has 0 bridgehead atoms. The van der Waals surface area contributed by atoms with Crippen molar-refractivity contribution in [3.63, 3.8) is 0 Å². The Morgan fingerprint density at radius 1 is 0.931 bits per heavy atom. The van der Waals surface area contributed by atoms with E-state index in [1.807, 2.05) is 12.1 Å². The summed E-state index contributed by atoms with van der Waals surface area (Å²) < 4.78 is 24.5. The lowest BCUT2D eigenvalue weighted by Crippen LogP contribution is -2.56. The Morgan fingerprint density at radius 3 is 2.48 bits per heavy atom. The van der Waals surface area contributed by atoms with Gasteiger partial charge in [0.25, 0.3) is 0 Å². The number of rotatable bonds is 4. The molecule has 29 heavy (non-hydrogen) atoms. The lowest BCUT2D eigenvalue weighted by molar-refractivity contribution is 0.0712. The maximum Gasteiger partial charge on any atom is 0.165 e. The third-order valence-corrected chi connectivity index (χ3v) is 6.80. The fourth-order valence-electron chi connectivity index (χ4n) is 5.06. The van der Waals surface area contributed by atoms with Crippen molar-refractivity contribution in [3.05, 3.63) is 52.8 Å². The van der Waals surface area contributed by atoms with Gasteiger partial charge >= 0.3 is 0 Å². The summed E-state index contributed by atoms with van der Waals surface area (Å²) in [6, 6.07) is 10.5. The number of methoxy groups -OCH3 is 2. The van der Waals surface area contributed by atoms with E-state index in [2.05, 4.69) is 35.8 Å². The standard InChI is InChI=1S/C24H31FN2O2/c1-16-17(2)23(28-3)11-9-20(16)22-7-5-6-19-15-26(12-13-27(19)22)18-8-10-21(25)24(14-18)29-4/h8-11,14,19,22H,5-7,12-13,15H2,1-4H3/t19?,22-/m1/s1. The van der Waals surface area contributed by atoms with Crippen LogP contribution in [0.3, 0.4) is 0 Å². The lowest BCUT2D eigenvalue weighted by Gasteiger charge is -2.49. The van der Waals surface area contributed by atoms with E-state index in [1.165, 1.54) is 49.1 Å². The van der Waals surface area contributed by atoms with Crippen LogP contribution in [0.5, 0.6) is 11.5 Å². The van der Waals surface area contributed by atoms with E-state index in [0.29, 0.717) is 17.8 Å². The third kappa shape index (κ3) is 3.68. The van der Waals surface area contributed by atoms with Gasteiger partial charge < -0.3 is 14.4 Å². The van der Waals surface area contributed by atoms with Gasteiger partial charge in [0.05, 0.1) is 14.2 Å². The SMILES string of the molecule is COc1cc(N2CCN3C(CCC[C@@H]3c3ccc(OC)c(C)c3C)C2)ccc1F. The zero-order chi connectivity index (χ0) is 20.5. The van der Waals surface area contributed by atoms with Gasteiger partial charge in [0.15, 0.2) is 11.6 Å². The number of piperazine rings is 1. The molecule has 1 unspecified atom stereocenters. The Kier molecular flexibility index (Phi) is 5.68. The van der Waals surface area contributed by atoms with Gasteiger partial charge in [-0.05, 0) is 68.0 Å². The monoisotopic (exact) mass is 398 g/mol. The minimum absolute atomic E-state index is 0.307. The molecule has 0 spiro atoms. The summed E-state index contributed by atoms with van der Waals surface area (Å²) in [4.78, 5) is 5.06. The van der Waals surface area contributed by atoms with Crippen LogP contribution in [0.25, 0.3) is 0 Å². The Bertz CT molecular complexity index is 885. The number of nitrogens with zero attached hydrogens (tertiary/aromatic N) is 2. The van der Waals surface area contributed by atoms with Crippen LogP contribution < -0.4 is 14.4 Å². The van der Waals surface area contributed by atoms with E-state index < -0.39 is 0 Å². The summed E-state index contributed by atoms with van der Waals surface area (Å²) in [6.45, 7) is 7.30. The third-order valence-electron chi connectivity index (χ3n) is 6.80. The molecule has 2 aromatic carbocycles. The number of halogens is 1. The van der Waals surface area contributed by atoms with Gasteiger partial charge in [0.2, 0.25) is 0 Å². The van der Waals surface area contributed by atoms with Gasteiger partial charge in [0.1, 0.15) is 5.75 Å². The summed E-state index contributed by atoms with van der Waals surface area (Å²) in [6.07, 6.45) is 3.64. The van der Waals surface area contributed by atoms with Gasteiger partial charge in [-0.3, -0.25) is 4.90 Å². The van der Waals surface area contributed by atoms with Gasteiger partial charge in [-0.15, -0.1) is 0 Å². The Labute approximate surface area is 173 Å². The summed E-state index contributed by atoms with van der Waals surface area (Å²) >= 11 is 0. The highest BCUT2D eigenvalue weighted by Gasteiger charge is 2.36. The molecule has 4 nitrogen and oxygen atoms in total. The van der Waals surface area contributed by atoms with Crippen LogP contribution in [-0.4, -0.2) is 44.8 Å². The van der Waals surface area contributed by atoms with Gasteiger partial charge in [-0.1, -0.05) is 6.07 Å². The van der Waals surface area contributed by atoms with E-state index >= 15 is 0 Å². The highest BCUT2D eigenvalue weighted by Crippen LogP contribution is 2.40. The smallest absolute Gasteiger partial charge is 0.165 e. The maximum absolute atomic E-state index is 13.8. The summed E-state index contributed by atoms with van der Waals surface area (Å²) in [5.74, 6) is 0.974. The van der Waals surface area contributed by atoms with Crippen LogP contribution in [0.2, 0.25) is 0 Å². The molecule has 2 aliphatic rings. The number of piperidine rings is 1. The largest absolute Gasteiger partial charge is 0.496 e. The van der Waals surface area contributed by atoms with Crippen molar-refractivity contribution in [2.24, 2.45) is 0 Å². The average Bonchev–Trinajstić information content (AvgIpc) is 2.75. The first-order chi connectivity index (χ1) is 14.0. The summed E-state index contributed by atoms with van der Waals surface area (Å²) in [5.41, 5.74) is 5.07. The molecule has 2 fully saturated rings. The van der Waals surface area contributed by atoms with Crippen molar-refractivity contribution in [1.29, 1.82) is 0 Å². The van der Waals surface area contributed by atoms with Crippen molar-refractivity contribution < 1.29 is 13.9 Å². The minimum Gasteiger partial charge on any atom is -0.496 e. The quantitative estimate of drug-likeness (QED) is 0.733. The lowest BCUT2D eigenvalue weighted by atomic mass is 9.86. The van der Waals surface area contributed by atoms with Crippen molar-refractivity contribution in [1.82, 2.24) is 4.90 Å². The summed E-state index contributed by atoms with van der Waals surface area (Å²) in [5, 5.41) is 0. The van der Waals surface area contributed by atoms with Crippen LogP contribution in [0.4, 0.5) is 10.1 Å². The average molecular weight is 399 g/mol. The molecule has 0 N–H and O–H groups in total. The number of fused-ring (bicyclic) bond motifs is 1. The molecule has 4 rings (SSSR count). The Morgan fingerprint density at radius 2 is 1.72 bits per heavy atom. The van der Waals surface area contributed by atoms with Crippen LogP contribution in [0, 0.1) is 19.7 Å². The van der Waals surface area contributed by atoms with E-state index in [4.69, 9.17) is 9.47 Å². The van der Waals surface area contributed by atoms with Gasteiger partial charge in [0, 0.05) is 43.5 Å². The normalized spacial score (nSPS) is 22.3. The van der Waals surface area contributed by atoms with E-state index in [0.717, 1.165) is 31.1 Å². The predicted octanol–water partition coefficient (Wildman–Crippen LogP) is 4.88. The number of hydrogen-bond acceptors (Lipinski definition) is 4. The number of benzene rings is 2. The second kappa shape index (κ2) is 8.23. The molecule has 156 valence electrons. The Hall–Kier alpha value is -2.27. The highest BCUT2D eigenvalue weighted by atomic mass is 19.1. The summed E-state index contributed by atoms with van der Waals surface area (Å²) in [7, 11) is 3.26.